The molecule has 1 aliphatic rings. The van der Waals surface area contributed by atoms with Gasteiger partial charge in [-0.2, -0.15) is 0 Å². The maximum atomic E-state index is 9.53. The first kappa shape index (κ1) is 12.1. The second-order valence-electron chi connectivity index (χ2n) is 4.87. The molecule has 1 aromatic rings. The Balaban J connectivity index is 2.29. The van der Waals surface area contributed by atoms with Gasteiger partial charge in [0.2, 0.25) is 0 Å². The van der Waals surface area contributed by atoms with Gasteiger partial charge in [0.1, 0.15) is 0 Å². The van der Waals surface area contributed by atoms with E-state index in [9.17, 15) is 5.11 Å². The minimum Gasteiger partial charge on any atom is -0.393 e. The number of nitrogens with two attached hydrogens (primary N) is 1. The van der Waals surface area contributed by atoms with Gasteiger partial charge in [-0.1, -0.05) is 28.1 Å². The van der Waals surface area contributed by atoms with Crippen LogP contribution >= 0.6 is 15.9 Å². The largest absolute Gasteiger partial charge is 0.393 e. The molecule has 2 nitrogen and oxygen atoms in total. The number of hydrogen-bond donors (Lipinski definition) is 2. The number of aliphatic hydroxyl groups excluding tert-OH is 1. The van der Waals surface area contributed by atoms with Crippen LogP contribution in [0.5, 0.6) is 0 Å². The fraction of sp³-hybridized carbons (Fsp3) is 0.538. The first-order valence-corrected chi connectivity index (χ1v) is 6.54. The SMILES string of the molecule is Cc1ccc(C2(N)CCC(O)CC2)c(Br)c1. The quantitative estimate of drug-likeness (QED) is 0.833. The highest BCUT2D eigenvalue weighted by atomic mass is 79.9. The molecule has 0 radical (unpaired) electrons. The Kier molecular flexibility index (Phi) is 3.38. The van der Waals surface area contributed by atoms with Crippen molar-refractivity contribution in [3.8, 4) is 0 Å². The summed E-state index contributed by atoms with van der Waals surface area (Å²) < 4.78 is 1.09. The molecule has 0 spiro atoms. The number of aliphatic hydroxyl groups is 1. The molecule has 0 unspecified atom stereocenters. The van der Waals surface area contributed by atoms with Crippen LogP contribution in [-0.2, 0) is 5.54 Å². The summed E-state index contributed by atoms with van der Waals surface area (Å²) in [7, 11) is 0. The van der Waals surface area contributed by atoms with Gasteiger partial charge in [0.05, 0.1) is 6.10 Å². The predicted octanol–water partition coefficient (Wildman–Crippen LogP) is 2.85. The molecule has 0 heterocycles. The van der Waals surface area contributed by atoms with Gasteiger partial charge in [-0.3, -0.25) is 0 Å². The zero-order valence-electron chi connectivity index (χ0n) is 9.54. The molecule has 16 heavy (non-hydrogen) atoms. The lowest BCUT2D eigenvalue weighted by Gasteiger charge is -2.36. The van der Waals surface area contributed by atoms with Gasteiger partial charge in [0.15, 0.2) is 0 Å². The first-order valence-electron chi connectivity index (χ1n) is 5.75. The minimum absolute atomic E-state index is 0.166. The molecule has 0 amide bonds. The number of aryl methyl sites for hydroxylation is 1. The van der Waals surface area contributed by atoms with Crippen molar-refractivity contribution in [1.82, 2.24) is 0 Å². The fourth-order valence-electron chi connectivity index (χ4n) is 2.41. The van der Waals surface area contributed by atoms with Crippen molar-refractivity contribution in [1.29, 1.82) is 0 Å². The van der Waals surface area contributed by atoms with Crippen LogP contribution in [0.15, 0.2) is 22.7 Å². The monoisotopic (exact) mass is 283 g/mol. The average Bonchev–Trinajstić information content (AvgIpc) is 2.22. The summed E-state index contributed by atoms with van der Waals surface area (Å²) in [5.41, 5.74) is 8.58. The molecule has 88 valence electrons. The Labute approximate surface area is 105 Å². The highest BCUT2D eigenvalue weighted by Crippen LogP contribution is 2.38. The average molecular weight is 284 g/mol. The van der Waals surface area contributed by atoms with E-state index in [1.165, 1.54) is 11.1 Å². The highest BCUT2D eigenvalue weighted by molar-refractivity contribution is 9.10. The Bertz CT molecular complexity index is 384. The maximum Gasteiger partial charge on any atom is 0.0541 e. The fourth-order valence-corrected chi connectivity index (χ4v) is 3.30. The van der Waals surface area contributed by atoms with Crippen molar-refractivity contribution >= 4 is 15.9 Å². The molecule has 0 bridgehead atoms. The van der Waals surface area contributed by atoms with Crippen LogP contribution in [0, 0.1) is 6.92 Å². The van der Waals surface area contributed by atoms with Crippen LogP contribution in [0.25, 0.3) is 0 Å². The summed E-state index contributed by atoms with van der Waals surface area (Å²) in [6, 6.07) is 6.31. The zero-order chi connectivity index (χ0) is 11.8. The number of benzene rings is 1. The molecule has 1 aliphatic carbocycles. The molecular formula is C13H18BrNO. The summed E-state index contributed by atoms with van der Waals surface area (Å²) in [6.45, 7) is 2.07. The van der Waals surface area contributed by atoms with Crippen LogP contribution in [-0.4, -0.2) is 11.2 Å². The Morgan fingerprint density at radius 1 is 1.38 bits per heavy atom. The lowest BCUT2D eigenvalue weighted by atomic mass is 9.76. The van der Waals surface area contributed by atoms with Crippen molar-refractivity contribution in [2.45, 2.75) is 44.2 Å². The van der Waals surface area contributed by atoms with Crippen molar-refractivity contribution in [3.63, 3.8) is 0 Å². The van der Waals surface area contributed by atoms with E-state index in [2.05, 4.69) is 41.1 Å². The molecule has 0 aromatic heterocycles. The molecule has 0 aliphatic heterocycles. The maximum absolute atomic E-state index is 9.53. The van der Waals surface area contributed by atoms with E-state index in [0.717, 1.165) is 30.2 Å². The number of hydrogen-bond acceptors (Lipinski definition) is 2. The molecule has 3 N–H and O–H groups in total. The van der Waals surface area contributed by atoms with E-state index in [-0.39, 0.29) is 11.6 Å². The van der Waals surface area contributed by atoms with Crippen LogP contribution < -0.4 is 5.73 Å². The van der Waals surface area contributed by atoms with Crippen molar-refractivity contribution in [2.24, 2.45) is 5.73 Å². The summed E-state index contributed by atoms with van der Waals surface area (Å²) in [5.74, 6) is 0. The zero-order valence-corrected chi connectivity index (χ0v) is 11.1. The van der Waals surface area contributed by atoms with E-state index in [0.29, 0.717) is 0 Å². The van der Waals surface area contributed by atoms with Gasteiger partial charge in [0.25, 0.3) is 0 Å². The summed E-state index contributed by atoms with van der Waals surface area (Å²) in [5, 5.41) is 9.53. The molecule has 0 saturated heterocycles. The molecule has 3 heteroatoms. The summed E-state index contributed by atoms with van der Waals surface area (Å²) in [4.78, 5) is 0. The van der Waals surface area contributed by atoms with Gasteiger partial charge in [-0.15, -0.1) is 0 Å². The van der Waals surface area contributed by atoms with E-state index >= 15 is 0 Å². The summed E-state index contributed by atoms with van der Waals surface area (Å²) >= 11 is 3.59. The molecular weight excluding hydrogens is 266 g/mol. The van der Waals surface area contributed by atoms with Crippen LogP contribution in [0.4, 0.5) is 0 Å². The Hall–Kier alpha value is -0.380. The number of halogens is 1. The lowest BCUT2D eigenvalue weighted by molar-refractivity contribution is 0.0967. The third-order valence-corrected chi connectivity index (χ3v) is 4.16. The van der Waals surface area contributed by atoms with Crippen LogP contribution in [0.2, 0.25) is 0 Å². The second kappa shape index (κ2) is 4.47. The van der Waals surface area contributed by atoms with Crippen LogP contribution in [0.1, 0.15) is 36.8 Å². The normalized spacial score (nSPS) is 30.4. The first-order chi connectivity index (χ1) is 7.51. The third kappa shape index (κ3) is 2.31. The molecule has 1 saturated carbocycles. The standard InChI is InChI=1S/C13H18BrNO/c1-9-2-3-11(12(14)8-9)13(15)6-4-10(16)5-7-13/h2-3,8,10,16H,4-7,15H2,1H3. The van der Waals surface area contributed by atoms with Gasteiger partial charge in [0, 0.05) is 10.0 Å². The number of rotatable bonds is 1. The summed E-state index contributed by atoms with van der Waals surface area (Å²) in [6.07, 6.45) is 3.15. The minimum atomic E-state index is -0.272. The van der Waals surface area contributed by atoms with E-state index in [1.54, 1.807) is 0 Å². The van der Waals surface area contributed by atoms with Crippen molar-refractivity contribution < 1.29 is 5.11 Å². The Morgan fingerprint density at radius 2 is 2.00 bits per heavy atom. The van der Waals surface area contributed by atoms with Gasteiger partial charge in [-0.25, -0.2) is 0 Å². The lowest BCUT2D eigenvalue weighted by Crippen LogP contribution is -2.41. The molecule has 1 fully saturated rings. The predicted molar refractivity (Wildman–Crippen MR) is 69.2 cm³/mol. The topological polar surface area (TPSA) is 46.2 Å². The molecule has 1 aromatic carbocycles. The van der Waals surface area contributed by atoms with E-state index in [4.69, 9.17) is 5.73 Å². The third-order valence-electron chi connectivity index (χ3n) is 3.51. The second-order valence-corrected chi connectivity index (χ2v) is 5.72. The highest BCUT2D eigenvalue weighted by Gasteiger charge is 2.33. The Morgan fingerprint density at radius 3 is 2.56 bits per heavy atom. The van der Waals surface area contributed by atoms with Gasteiger partial charge in [-0.05, 0) is 49.8 Å². The van der Waals surface area contributed by atoms with Crippen molar-refractivity contribution in [2.75, 3.05) is 0 Å². The van der Waals surface area contributed by atoms with Gasteiger partial charge >= 0.3 is 0 Å². The molecule has 2 rings (SSSR count). The van der Waals surface area contributed by atoms with Crippen LogP contribution in [0.3, 0.4) is 0 Å². The van der Waals surface area contributed by atoms with Crippen molar-refractivity contribution in [3.05, 3.63) is 33.8 Å². The van der Waals surface area contributed by atoms with E-state index < -0.39 is 0 Å². The smallest absolute Gasteiger partial charge is 0.0541 e. The molecule has 0 atom stereocenters. The van der Waals surface area contributed by atoms with Gasteiger partial charge < -0.3 is 10.8 Å². The van der Waals surface area contributed by atoms with E-state index in [1.807, 2.05) is 0 Å².